The van der Waals surface area contributed by atoms with Gasteiger partial charge in [0.2, 0.25) is 4.91 Å². The molecule has 0 heterocycles. The van der Waals surface area contributed by atoms with Gasteiger partial charge >= 0.3 is 0 Å². The number of benzene rings is 1. The first-order valence-corrected chi connectivity index (χ1v) is 3.27. The van der Waals surface area contributed by atoms with Crippen LogP contribution in [0.1, 0.15) is 11.1 Å². The molecule has 0 unspecified atom stereocenters. The van der Waals surface area contributed by atoms with Gasteiger partial charge in [0.25, 0.3) is 0 Å². The molecule has 0 saturated carbocycles. The number of nitrogens with zero attached hydrogens (tertiary/aromatic N) is 1. The van der Waals surface area contributed by atoms with Crippen molar-refractivity contribution in [1.29, 1.82) is 11.1 Å². The fourth-order valence-corrected chi connectivity index (χ4v) is 0.637. The van der Waals surface area contributed by atoms with Crippen LogP contribution in [0.5, 0.6) is 0 Å². The normalized spacial score (nSPS) is 7.45. The van der Waals surface area contributed by atoms with Gasteiger partial charge in [-0.1, -0.05) is 35.4 Å². The number of hydrogen-bond acceptors (Lipinski definition) is 2. The second kappa shape index (κ2) is 5.33. The molecule has 0 amide bonds. The summed E-state index contributed by atoms with van der Waals surface area (Å²) in [5.41, 5.74) is 13.7. The number of hydrogen-bond donors (Lipinski definition) is 2. The molecule has 58 valence electrons. The van der Waals surface area contributed by atoms with E-state index in [1.54, 1.807) is 0 Å². The van der Waals surface area contributed by atoms with Gasteiger partial charge in [-0.2, -0.15) is 0 Å². The maximum absolute atomic E-state index is 5.50. The quantitative estimate of drug-likeness (QED) is 0.421. The zero-order valence-corrected chi connectivity index (χ0v) is 6.76. The Morgan fingerprint density at radius 1 is 0.909 bits per heavy atom. The van der Waals surface area contributed by atoms with Crippen molar-refractivity contribution in [3.63, 3.8) is 0 Å². The zero-order valence-electron chi connectivity index (χ0n) is 6.76. The number of aryl methyl sites for hydroxylation is 2. The average molecular weight is 150 g/mol. The van der Waals surface area contributed by atoms with E-state index in [1.165, 1.54) is 11.1 Å². The SMILES string of the molecule is Cc1ccc(C)cc1.N=[N+]=N. The van der Waals surface area contributed by atoms with E-state index in [1.807, 2.05) is 4.91 Å². The van der Waals surface area contributed by atoms with Gasteiger partial charge in [-0.25, -0.2) is 0 Å². The molecule has 3 nitrogen and oxygen atoms in total. The third-order valence-electron chi connectivity index (χ3n) is 1.22. The Morgan fingerprint density at radius 2 is 1.09 bits per heavy atom. The molecule has 0 radical (unpaired) electrons. The molecule has 3 heteroatoms. The first kappa shape index (κ1) is 9.53. The van der Waals surface area contributed by atoms with Crippen molar-refractivity contribution in [2.45, 2.75) is 13.8 Å². The Hall–Kier alpha value is -1.47. The molecule has 0 bridgehead atoms. The summed E-state index contributed by atoms with van der Waals surface area (Å²) in [7, 11) is 0. The summed E-state index contributed by atoms with van der Waals surface area (Å²) in [5, 5.41) is 0. The topological polar surface area (TPSA) is 61.8 Å². The summed E-state index contributed by atoms with van der Waals surface area (Å²) >= 11 is 0. The summed E-state index contributed by atoms with van der Waals surface area (Å²) in [5.74, 6) is 0. The van der Waals surface area contributed by atoms with E-state index < -0.39 is 0 Å². The maximum Gasteiger partial charge on any atom is 0.211 e. The molecular formula is C8H12N3+. The van der Waals surface area contributed by atoms with Crippen molar-refractivity contribution >= 4 is 0 Å². The maximum atomic E-state index is 5.50. The molecule has 0 aromatic heterocycles. The molecule has 0 spiro atoms. The standard InChI is InChI=1S/C8H10.H2N3/c1-7-3-5-8(2)6-4-7;1-3-2/h3-6H,1-2H3;1-2H/q;+1. The molecular weight excluding hydrogens is 138 g/mol. The number of rotatable bonds is 0. The van der Waals surface area contributed by atoms with E-state index in [2.05, 4.69) is 38.1 Å². The Balaban J connectivity index is 0.000000292. The van der Waals surface area contributed by atoms with Crippen molar-refractivity contribution in [2.24, 2.45) is 0 Å². The second-order valence-corrected chi connectivity index (χ2v) is 2.27. The van der Waals surface area contributed by atoms with Crippen molar-refractivity contribution < 1.29 is 0 Å². The van der Waals surface area contributed by atoms with Crippen LogP contribution in [0, 0.1) is 24.9 Å². The van der Waals surface area contributed by atoms with Gasteiger partial charge in [0, 0.05) is 0 Å². The highest BCUT2D eigenvalue weighted by Crippen LogP contribution is 1.99. The van der Waals surface area contributed by atoms with Crippen LogP contribution in [0.3, 0.4) is 0 Å². The summed E-state index contributed by atoms with van der Waals surface area (Å²) in [6.45, 7) is 4.19. The van der Waals surface area contributed by atoms with Crippen LogP contribution in [-0.4, -0.2) is 0 Å². The lowest BCUT2D eigenvalue weighted by molar-refractivity contribution is 0.928. The summed E-state index contributed by atoms with van der Waals surface area (Å²) in [6, 6.07) is 8.48. The molecule has 0 aliphatic heterocycles. The highest BCUT2D eigenvalue weighted by molar-refractivity contribution is 5.19. The van der Waals surface area contributed by atoms with Crippen LogP contribution in [0.4, 0.5) is 0 Å². The van der Waals surface area contributed by atoms with E-state index in [4.69, 9.17) is 11.1 Å². The lowest BCUT2D eigenvalue weighted by Crippen LogP contribution is -1.70. The summed E-state index contributed by atoms with van der Waals surface area (Å²) in [6.07, 6.45) is 0. The van der Waals surface area contributed by atoms with Crippen LogP contribution in [0.2, 0.25) is 0 Å². The Labute approximate surface area is 66.1 Å². The Kier molecular flexibility index (Phi) is 4.61. The second-order valence-electron chi connectivity index (χ2n) is 2.27. The fraction of sp³-hybridized carbons (Fsp3) is 0.250. The molecule has 1 aromatic carbocycles. The van der Waals surface area contributed by atoms with Crippen molar-refractivity contribution in [3.05, 3.63) is 35.4 Å². The van der Waals surface area contributed by atoms with Crippen LogP contribution in [0.15, 0.2) is 24.3 Å². The van der Waals surface area contributed by atoms with Gasteiger partial charge in [0.05, 0.1) is 0 Å². The fourth-order valence-electron chi connectivity index (χ4n) is 0.637. The molecule has 0 atom stereocenters. The Bertz CT molecular complexity index is 211. The molecule has 1 aromatic rings. The van der Waals surface area contributed by atoms with Crippen molar-refractivity contribution in [2.75, 3.05) is 0 Å². The smallest absolute Gasteiger partial charge is 0.0591 e. The van der Waals surface area contributed by atoms with E-state index in [-0.39, 0.29) is 0 Å². The molecule has 1 rings (SSSR count). The van der Waals surface area contributed by atoms with Gasteiger partial charge in [0.1, 0.15) is 11.1 Å². The van der Waals surface area contributed by atoms with E-state index in [0.29, 0.717) is 0 Å². The van der Waals surface area contributed by atoms with Crippen molar-refractivity contribution in [1.82, 2.24) is 4.91 Å². The van der Waals surface area contributed by atoms with Crippen molar-refractivity contribution in [3.8, 4) is 0 Å². The molecule has 2 N–H and O–H groups in total. The molecule has 0 aliphatic carbocycles. The van der Waals surface area contributed by atoms with Crippen LogP contribution >= 0.6 is 0 Å². The van der Waals surface area contributed by atoms with Gasteiger partial charge in [-0.3, -0.25) is 0 Å². The van der Waals surface area contributed by atoms with E-state index in [0.717, 1.165) is 0 Å². The molecule has 0 saturated heterocycles. The molecule has 0 aliphatic rings. The highest BCUT2D eigenvalue weighted by Gasteiger charge is 1.79. The van der Waals surface area contributed by atoms with E-state index >= 15 is 0 Å². The van der Waals surface area contributed by atoms with Gasteiger partial charge in [-0.05, 0) is 13.8 Å². The van der Waals surface area contributed by atoms with Gasteiger partial charge in [-0.15, -0.1) is 0 Å². The first-order valence-electron chi connectivity index (χ1n) is 3.27. The molecule has 0 fully saturated rings. The third kappa shape index (κ3) is 5.00. The average Bonchev–Trinajstić information content (AvgIpc) is 1.97. The lowest BCUT2D eigenvalue weighted by Gasteiger charge is -1.90. The lowest BCUT2D eigenvalue weighted by atomic mass is 10.2. The first-order chi connectivity index (χ1) is 5.20. The minimum atomic E-state index is 1.33. The zero-order chi connectivity index (χ0) is 8.69. The minimum Gasteiger partial charge on any atom is -0.0591 e. The summed E-state index contributed by atoms with van der Waals surface area (Å²) < 4.78 is 0. The third-order valence-corrected chi connectivity index (χ3v) is 1.22. The van der Waals surface area contributed by atoms with Crippen LogP contribution < -0.4 is 4.91 Å². The monoisotopic (exact) mass is 150 g/mol. The summed E-state index contributed by atoms with van der Waals surface area (Å²) in [4.78, 5) is 2.00. The predicted molar refractivity (Wildman–Crippen MR) is 43.5 cm³/mol. The minimum absolute atomic E-state index is 1.33. The van der Waals surface area contributed by atoms with Gasteiger partial charge in [0.15, 0.2) is 0 Å². The largest absolute Gasteiger partial charge is 0.211 e. The van der Waals surface area contributed by atoms with Crippen LogP contribution in [0.25, 0.3) is 0 Å². The number of nitrogens with one attached hydrogen (secondary N) is 2. The highest BCUT2D eigenvalue weighted by atomic mass is 15.0. The van der Waals surface area contributed by atoms with E-state index in [9.17, 15) is 0 Å². The molecule has 11 heavy (non-hydrogen) atoms. The predicted octanol–water partition coefficient (Wildman–Crippen LogP) is 2.42. The Morgan fingerprint density at radius 3 is 1.27 bits per heavy atom. The van der Waals surface area contributed by atoms with Gasteiger partial charge < -0.3 is 0 Å². The van der Waals surface area contributed by atoms with Crippen LogP contribution in [-0.2, 0) is 0 Å².